The fraction of sp³-hybridized carbons (Fsp3) is 0.417. The van der Waals surface area contributed by atoms with Crippen molar-refractivity contribution in [3.05, 3.63) is 59.4 Å². The van der Waals surface area contributed by atoms with E-state index in [1.165, 1.54) is 27.6 Å². The standard InChI is InChI=1S/C24H33N7.HI/c1-18-6-7-21-19(16-28-22(21)15-18)8-10-27-24(25-2)29-17-20-5-4-9-26-23(20)31-13-11-30(3)12-14-31;/h4-7,9,15-16,28H,8,10-14,17H2,1-3H3,(H2,25,27,29);1H. The molecule has 0 atom stereocenters. The maximum atomic E-state index is 4.67. The van der Waals surface area contributed by atoms with Crippen LogP contribution >= 0.6 is 24.0 Å². The number of anilines is 1. The molecule has 1 aliphatic rings. The number of aliphatic imine (C=N–C) groups is 1. The largest absolute Gasteiger partial charge is 0.361 e. The molecule has 8 heteroatoms. The number of pyridine rings is 1. The van der Waals surface area contributed by atoms with Crippen LogP contribution in [-0.2, 0) is 13.0 Å². The first-order valence-corrected chi connectivity index (χ1v) is 11.0. The number of nitrogens with zero attached hydrogens (tertiary/aromatic N) is 4. The van der Waals surface area contributed by atoms with Gasteiger partial charge in [-0.05, 0) is 43.7 Å². The van der Waals surface area contributed by atoms with E-state index in [1.54, 1.807) is 0 Å². The number of nitrogens with one attached hydrogen (secondary N) is 3. The number of aromatic nitrogens is 2. The Balaban J connectivity index is 0.00000289. The van der Waals surface area contributed by atoms with Crippen LogP contribution in [-0.4, -0.2) is 67.6 Å². The number of aryl methyl sites for hydroxylation is 1. The molecule has 172 valence electrons. The summed E-state index contributed by atoms with van der Waals surface area (Å²) in [6.07, 6.45) is 4.93. The molecule has 2 aromatic heterocycles. The number of rotatable bonds is 6. The molecular formula is C24H34IN7. The molecule has 0 saturated carbocycles. The molecule has 3 heterocycles. The lowest BCUT2D eigenvalue weighted by molar-refractivity contribution is 0.312. The second kappa shape index (κ2) is 11.5. The van der Waals surface area contributed by atoms with Crippen LogP contribution in [0.5, 0.6) is 0 Å². The van der Waals surface area contributed by atoms with Crippen LogP contribution in [0, 0.1) is 6.92 Å². The zero-order valence-corrected chi connectivity index (χ0v) is 21.5. The third-order valence-electron chi connectivity index (χ3n) is 5.95. The van der Waals surface area contributed by atoms with Gasteiger partial charge in [-0.25, -0.2) is 4.98 Å². The number of halogens is 1. The molecule has 0 spiro atoms. The average molecular weight is 547 g/mol. The number of aromatic amines is 1. The third kappa shape index (κ3) is 5.92. The number of hydrogen-bond acceptors (Lipinski definition) is 4. The van der Waals surface area contributed by atoms with Gasteiger partial charge in [0, 0.05) is 75.2 Å². The van der Waals surface area contributed by atoms with Crippen LogP contribution in [0.25, 0.3) is 10.9 Å². The summed E-state index contributed by atoms with van der Waals surface area (Å²) in [6.45, 7) is 7.80. The lowest BCUT2D eigenvalue weighted by Crippen LogP contribution is -2.45. The maximum absolute atomic E-state index is 4.67. The van der Waals surface area contributed by atoms with Crippen LogP contribution < -0.4 is 15.5 Å². The topological polar surface area (TPSA) is 71.6 Å². The zero-order chi connectivity index (χ0) is 21.6. The molecule has 4 rings (SSSR count). The zero-order valence-electron chi connectivity index (χ0n) is 19.2. The lowest BCUT2D eigenvalue weighted by atomic mass is 10.1. The number of likely N-dealkylation sites (N-methyl/N-ethyl adjacent to an activating group) is 1. The maximum Gasteiger partial charge on any atom is 0.191 e. The van der Waals surface area contributed by atoms with E-state index in [9.17, 15) is 0 Å². The van der Waals surface area contributed by atoms with Crippen molar-refractivity contribution in [3.63, 3.8) is 0 Å². The van der Waals surface area contributed by atoms with Gasteiger partial charge in [-0.1, -0.05) is 18.2 Å². The first-order valence-electron chi connectivity index (χ1n) is 11.0. The molecule has 0 amide bonds. The van der Waals surface area contributed by atoms with Crippen LogP contribution in [0.1, 0.15) is 16.7 Å². The Morgan fingerprint density at radius 1 is 1.12 bits per heavy atom. The predicted molar refractivity (Wildman–Crippen MR) is 144 cm³/mol. The number of H-pyrrole nitrogens is 1. The minimum absolute atomic E-state index is 0. The van der Waals surface area contributed by atoms with Gasteiger partial charge in [-0.2, -0.15) is 0 Å². The molecule has 32 heavy (non-hydrogen) atoms. The molecule has 0 radical (unpaired) electrons. The summed E-state index contributed by atoms with van der Waals surface area (Å²) in [4.78, 5) is 17.2. The predicted octanol–water partition coefficient (Wildman–Crippen LogP) is 3.15. The van der Waals surface area contributed by atoms with Gasteiger partial charge < -0.3 is 25.4 Å². The Labute approximate surface area is 207 Å². The van der Waals surface area contributed by atoms with Gasteiger partial charge >= 0.3 is 0 Å². The molecular weight excluding hydrogens is 513 g/mol. The highest BCUT2D eigenvalue weighted by Gasteiger charge is 2.18. The van der Waals surface area contributed by atoms with Gasteiger partial charge in [-0.15, -0.1) is 24.0 Å². The Morgan fingerprint density at radius 3 is 2.72 bits per heavy atom. The number of hydrogen-bond donors (Lipinski definition) is 3. The summed E-state index contributed by atoms with van der Waals surface area (Å²) in [6, 6.07) is 10.7. The average Bonchev–Trinajstić information content (AvgIpc) is 3.19. The minimum atomic E-state index is 0. The fourth-order valence-corrected chi connectivity index (χ4v) is 4.09. The molecule has 3 N–H and O–H groups in total. The van der Waals surface area contributed by atoms with E-state index in [0.29, 0.717) is 6.54 Å². The number of guanidine groups is 1. The SMILES string of the molecule is CN=C(NCCc1c[nH]c2cc(C)ccc12)NCc1cccnc1N1CCN(C)CC1.I. The summed E-state index contributed by atoms with van der Waals surface area (Å²) >= 11 is 0. The van der Waals surface area contributed by atoms with Gasteiger partial charge in [0.25, 0.3) is 0 Å². The van der Waals surface area contributed by atoms with Gasteiger partial charge in [-0.3, -0.25) is 4.99 Å². The highest BCUT2D eigenvalue weighted by Crippen LogP contribution is 2.20. The van der Waals surface area contributed by atoms with Crippen molar-refractivity contribution in [1.82, 2.24) is 25.5 Å². The van der Waals surface area contributed by atoms with E-state index in [0.717, 1.165) is 50.9 Å². The Bertz CT molecular complexity index is 1040. The lowest BCUT2D eigenvalue weighted by Gasteiger charge is -2.34. The molecule has 1 saturated heterocycles. The summed E-state index contributed by atoms with van der Waals surface area (Å²) in [5.74, 6) is 1.89. The van der Waals surface area contributed by atoms with Crippen LogP contribution in [0.3, 0.4) is 0 Å². The van der Waals surface area contributed by atoms with Crippen molar-refractivity contribution in [2.75, 3.05) is 51.7 Å². The van der Waals surface area contributed by atoms with E-state index in [4.69, 9.17) is 0 Å². The number of fused-ring (bicyclic) bond motifs is 1. The van der Waals surface area contributed by atoms with E-state index in [2.05, 4.69) is 79.8 Å². The van der Waals surface area contributed by atoms with Gasteiger partial charge in [0.15, 0.2) is 5.96 Å². The molecule has 1 aliphatic heterocycles. The summed E-state index contributed by atoms with van der Waals surface area (Å²) in [5.41, 5.74) is 4.99. The van der Waals surface area contributed by atoms with E-state index < -0.39 is 0 Å². The van der Waals surface area contributed by atoms with Crippen molar-refractivity contribution in [2.24, 2.45) is 4.99 Å². The molecule has 0 bridgehead atoms. The van der Waals surface area contributed by atoms with Gasteiger partial charge in [0.05, 0.1) is 0 Å². The van der Waals surface area contributed by atoms with Gasteiger partial charge in [0.1, 0.15) is 5.82 Å². The first-order chi connectivity index (χ1) is 15.1. The second-order valence-corrected chi connectivity index (χ2v) is 8.24. The molecule has 0 unspecified atom stereocenters. The molecule has 3 aromatic rings. The minimum Gasteiger partial charge on any atom is -0.361 e. The summed E-state index contributed by atoms with van der Waals surface area (Å²) in [7, 11) is 3.99. The monoisotopic (exact) mass is 547 g/mol. The van der Waals surface area contributed by atoms with Gasteiger partial charge in [0.2, 0.25) is 0 Å². The first kappa shape index (κ1) is 24.3. The van der Waals surface area contributed by atoms with Crippen LogP contribution in [0.4, 0.5) is 5.82 Å². The van der Waals surface area contributed by atoms with E-state index in [1.807, 2.05) is 19.3 Å². The van der Waals surface area contributed by atoms with Crippen molar-refractivity contribution in [1.29, 1.82) is 0 Å². The molecule has 7 nitrogen and oxygen atoms in total. The Hall–Kier alpha value is -2.33. The van der Waals surface area contributed by atoms with Crippen LogP contribution in [0.15, 0.2) is 47.7 Å². The second-order valence-electron chi connectivity index (χ2n) is 8.24. The highest BCUT2D eigenvalue weighted by atomic mass is 127. The van der Waals surface area contributed by atoms with Crippen molar-refractivity contribution in [2.45, 2.75) is 19.9 Å². The molecule has 1 fully saturated rings. The molecule has 0 aliphatic carbocycles. The van der Waals surface area contributed by atoms with Crippen molar-refractivity contribution >= 4 is 46.7 Å². The van der Waals surface area contributed by atoms with Crippen molar-refractivity contribution in [3.8, 4) is 0 Å². The fourth-order valence-electron chi connectivity index (χ4n) is 4.09. The Morgan fingerprint density at radius 2 is 1.94 bits per heavy atom. The smallest absolute Gasteiger partial charge is 0.191 e. The number of benzene rings is 1. The van der Waals surface area contributed by atoms with E-state index in [-0.39, 0.29) is 24.0 Å². The van der Waals surface area contributed by atoms with Crippen LogP contribution in [0.2, 0.25) is 0 Å². The summed E-state index contributed by atoms with van der Waals surface area (Å²) < 4.78 is 0. The molecule has 1 aromatic carbocycles. The third-order valence-corrected chi connectivity index (χ3v) is 5.95. The van der Waals surface area contributed by atoms with E-state index >= 15 is 0 Å². The highest BCUT2D eigenvalue weighted by molar-refractivity contribution is 14.0. The summed E-state index contributed by atoms with van der Waals surface area (Å²) in [5, 5.41) is 8.19. The quantitative estimate of drug-likeness (QED) is 0.251. The normalized spacial score (nSPS) is 15.0. The van der Waals surface area contributed by atoms with Crippen molar-refractivity contribution < 1.29 is 0 Å². The Kier molecular flexibility index (Phi) is 8.75. The number of piperazine rings is 1.